The fourth-order valence-electron chi connectivity index (χ4n) is 3.36. The van der Waals surface area contributed by atoms with Crippen LogP contribution < -0.4 is 4.90 Å². The van der Waals surface area contributed by atoms with Crippen LogP contribution in [0.1, 0.15) is 27.9 Å². The van der Waals surface area contributed by atoms with E-state index in [0.29, 0.717) is 6.04 Å². The van der Waals surface area contributed by atoms with E-state index in [2.05, 4.69) is 24.3 Å². The van der Waals surface area contributed by atoms with E-state index in [1.807, 2.05) is 29.2 Å². The SMILES string of the molecule is O=C1c2ccccc2C[C@H]2CCc3ccccc3N12. The summed E-state index contributed by atoms with van der Waals surface area (Å²) in [6.07, 6.45) is 3.13. The van der Waals surface area contributed by atoms with Gasteiger partial charge in [-0.1, -0.05) is 36.4 Å². The lowest BCUT2D eigenvalue weighted by molar-refractivity contribution is 0.0963. The van der Waals surface area contributed by atoms with Gasteiger partial charge in [-0.2, -0.15) is 0 Å². The van der Waals surface area contributed by atoms with Crippen LogP contribution >= 0.6 is 0 Å². The minimum Gasteiger partial charge on any atom is -0.305 e. The zero-order chi connectivity index (χ0) is 12.8. The van der Waals surface area contributed by atoms with Crippen molar-refractivity contribution in [1.82, 2.24) is 0 Å². The zero-order valence-electron chi connectivity index (χ0n) is 10.7. The second-order valence-corrected chi connectivity index (χ2v) is 5.36. The fraction of sp³-hybridized carbons (Fsp3) is 0.235. The Morgan fingerprint density at radius 2 is 1.68 bits per heavy atom. The van der Waals surface area contributed by atoms with Gasteiger partial charge in [0.25, 0.3) is 5.91 Å². The van der Waals surface area contributed by atoms with Gasteiger partial charge in [-0.25, -0.2) is 0 Å². The van der Waals surface area contributed by atoms with Crippen LogP contribution in [0.5, 0.6) is 0 Å². The Kier molecular flexibility index (Phi) is 2.25. The van der Waals surface area contributed by atoms with Crippen LogP contribution in [0.25, 0.3) is 0 Å². The van der Waals surface area contributed by atoms with Crippen LogP contribution in [0.15, 0.2) is 48.5 Å². The van der Waals surface area contributed by atoms with Crippen LogP contribution in [0.2, 0.25) is 0 Å². The highest BCUT2D eigenvalue weighted by Crippen LogP contribution is 2.36. The molecule has 0 aromatic heterocycles. The maximum Gasteiger partial charge on any atom is 0.258 e. The van der Waals surface area contributed by atoms with Crippen molar-refractivity contribution in [3.8, 4) is 0 Å². The van der Waals surface area contributed by atoms with E-state index in [1.54, 1.807) is 0 Å². The molecule has 2 aliphatic rings. The number of fused-ring (bicyclic) bond motifs is 4. The molecule has 0 radical (unpaired) electrons. The first-order valence-electron chi connectivity index (χ1n) is 6.84. The van der Waals surface area contributed by atoms with Gasteiger partial charge >= 0.3 is 0 Å². The van der Waals surface area contributed by atoms with Crippen molar-refractivity contribution < 1.29 is 4.79 Å². The van der Waals surface area contributed by atoms with E-state index < -0.39 is 0 Å². The number of amides is 1. The normalized spacial score (nSPS) is 20.5. The summed E-state index contributed by atoms with van der Waals surface area (Å²) in [6, 6.07) is 16.6. The number of benzene rings is 2. The van der Waals surface area contributed by atoms with Crippen molar-refractivity contribution >= 4 is 11.6 Å². The quantitative estimate of drug-likeness (QED) is 0.702. The molecular weight excluding hydrogens is 234 g/mol. The lowest BCUT2D eigenvalue weighted by Crippen LogP contribution is -2.48. The number of hydrogen-bond acceptors (Lipinski definition) is 1. The molecule has 0 saturated carbocycles. The summed E-state index contributed by atoms with van der Waals surface area (Å²) >= 11 is 0. The lowest BCUT2D eigenvalue weighted by Gasteiger charge is -2.41. The van der Waals surface area contributed by atoms with Crippen molar-refractivity contribution in [3.63, 3.8) is 0 Å². The molecule has 0 unspecified atom stereocenters. The van der Waals surface area contributed by atoms with Crippen LogP contribution in [0, 0.1) is 0 Å². The molecule has 2 heteroatoms. The Hall–Kier alpha value is -2.09. The summed E-state index contributed by atoms with van der Waals surface area (Å²) in [5, 5.41) is 0. The standard InChI is InChI=1S/C17H15NO/c19-17-15-7-3-1-6-13(15)11-14-10-9-12-5-2-4-8-16(12)18(14)17/h1-8,14H,9-11H2/t14-/m1/s1. The molecule has 0 saturated heterocycles. The third kappa shape index (κ3) is 1.53. The summed E-state index contributed by atoms with van der Waals surface area (Å²) in [4.78, 5) is 14.8. The molecule has 2 aliphatic heterocycles. The van der Waals surface area contributed by atoms with Crippen molar-refractivity contribution in [2.24, 2.45) is 0 Å². The first-order chi connectivity index (χ1) is 9.34. The third-order valence-corrected chi connectivity index (χ3v) is 4.29. The number of para-hydroxylation sites is 1. The van der Waals surface area contributed by atoms with Gasteiger partial charge in [0.15, 0.2) is 0 Å². The van der Waals surface area contributed by atoms with E-state index in [9.17, 15) is 4.79 Å². The molecule has 94 valence electrons. The summed E-state index contributed by atoms with van der Waals surface area (Å²) in [7, 11) is 0. The molecule has 2 heterocycles. The Bertz CT molecular complexity index is 662. The number of nitrogens with zero attached hydrogens (tertiary/aromatic N) is 1. The molecule has 0 fully saturated rings. The maximum atomic E-state index is 12.7. The van der Waals surface area contributed by atoms with E-state index >= 15 is 0 Å². The topological polar surface area (TPSA) is 20.3 Å². The minimum atomic E-state index is 0.166. The molecule has 1 amide bonds. The van der Waals surface area contributed by atoms with Crippen LogP contribution in [-0.2, 0) is 12.8 Å². The van der Waals surface area contributed by atoms with E-state index in [4.69, 9.17) is 0 Å². The third-order valence-electron chi connectivity index (χ3n) is 4.29. The average molecular weight is 249 g/mol. The van der Waals surface area contributed by atoms with Crippen LogP contribution in [-0.4, -0.2) is 11.9 Å². The fourth-order valence-corrected chi connectivity index (χ4v) is 3.36. The number of anilines is 1. The minimum absolute atomic E-state index is 0.166. The van der Waals surface area contributed by atoms with Gasteiger partial charge in [-0.05, 0) is 42.5 Å². The summed E-state index contributed by atoms with van der Waals surface area (Å²) < 4.78 is 0. The summed E-state index contributed by atoms with van der Waals surface area (Å²) in [5.41, 5.74) is 4.48. The largest absolute Gasteiger partial charge is 0.305 e. The van der Waals surface area contributed by atoms with Crippen molar-refractivity contribution in [3.05, 3.63) is 65.2 Å². The molecule has 0 spiro atoms. The van der Waals surface area contributed by atoms with E-state index in [1.165, 1.54) is 11.1 Å². The molecule has 0 aliphatic carbocycles. The zero-order valence-corrected chi connectivity index (χ0v) is 10.7. The van der Waals surface area contributed by atoms with Gasteiger partial charge in [0.2, 0.25) is 0 Å². The molecule has 19 heavy (non-hydrogen) atoms. The lowest BCUT2D eigenvalue weighted by atomic mass is 9.86. The summed E-state index contributed by atoms with van der Waals surface area (Å²) in [5.74, 6) is 0.166. The number of carbonyl (C=O) groups excluding carboxylic acids is 1. The Balaban J connectivity index is 1.87. The Labute approximate surface area is 112 Å². The van der Waals surface area contributed by atoms with Gasteiger partial charge in [0.05, 0.1) is 0 Å². The highest BCUT2D eigenvalue weighted by atomic mass is 16.2. The van der Waals surface area contributed by atoms with E-state index in [0.717, 1.165) is 30.5 Å². The highest BCUT2D eigenvalue weighted by molar-refractivity contribution is 6.09. The predicted molar refractivity (Wildman–Crippen MR) is 75.5 cm³/mol. The molecule has 4 rings (SSSR count). The molecular formula is C17H15NO. The second kappa shape index (κ2) is 3.95. The smallest absolute Gasteiger partial charge is 0.258 e. The monoisotopic (exact) mass is 249 g/mol. The van der Waals surface area contributed by atoms with Crippen LogP contribution in [0.4, 0.5) is 5.69 Å². The van der Waals surface area contributed by atoms with Crippen molar-refractivity contribution in [2.45, 2.75) is 25.3 Å². The number of hydrogen-bond donors (Lipinski definition) is 0. The van der Waals surface area contributed by atoms with Crippen molar-refractivity contribution in [1.29, 1.82) is 0 Å². The Morgan fingerprint density at radius 1 is 0.947 bits per heavy atom. The second-order valence-electron chi connectivity index (χ2n) is 5.36. The first-order valence-corrected chi connectivity index (χ1v) is 6.84. The molecule has 1 atom stereocenters. The van der Waals surface area contributed by atoms with Crippen LogP contribution in [0.3, 0.4) is 0 Å². The average Bonchev–Trinajstić information content (AvgIpc) is 2.47. The maximum absolute atomic E-state index is 12.7. The molecule has 2 aromatic rings. The first kappa shape index (κ1) is 10.8. The Morgan fingerprint density at radius 3 is 2.58 bits per heavy atom. The van der Waals surface area contributed by atoms with E-state index in [-0.39, 0.29) is 5.91 Å². The number of rotatable bonds is 0. The van der Waals surface area contributed by atoms with Gasteiger partial charge in [0, 0.05) is 17.3 Å². The molecule has 2 aromatic carbocycles. The van der Waals surface area contributed by atoms with Gasteiger partial charge < -0.3 is 4.90 Å². The molecule has 0 bridgehead atoms. The van der Waals surface area contributed by atoms with Gasteiger partial charge in [-0.3, -0.25) is 4.79 Å². The number of aryl methyl sites for hydroxylation is 1. The number of carbonyl (C=O) groups is 1. The molecule has 0 N–H and O–H groups in total. The predicted octanol–water partition coefficient (Wildman–Crippen LogP) is 3.20. The summed E-state index contributed by atoms with van der Waals surface area (Å²) in [6.45, 7) is 0. The van der Waals surface area contributed by atoms with Gasteiger partial charge in [0.1, 0.15) is 0 Å². The van der Waals surface area contributed by atoms with Crippen molar-refractivity contribution in [2.75, 3.05) is 4.90 Å². The highest BCUT2D eigenvalue weighted by Gasteiger charge is 2.36. The molecule has 2 nitrogen and oxygen atoms in total. The van der Waals surface area contributed by atoms with Gasteiger partial charge in [-0.15, -0.1) is 0 Å².